The Kier molecular flexibility index (Phi) is 9.49. The molecule has 0 aromatic heterocycles. The molecule has 2 aromatic rings. The lowest BCUT2D eigenvalue weighted by atomic mass is 9.79. The average Bonchev–Trinajstić information content (AvgIpc) is 2.74. The summed E-state index contributed by atoms with van der Waals surface area (Å²) in [6.45, 7) is 4.17. The summed E-state index contributed by atoms with van der Waals surface area (Å²) in [5.41, 5.74) is 1.16. The Morgan fingerprint density at radius 2 is 1.93 bits per heavy atom. The normalized spacial score (nSPS) is 12.9. The number of esters is 1. The molecule has 0 heterocycles. The summed E-state index contributed by atoms with van der Waals surface area (Å²) in [4.78, 5) is 11.8. The molecule has 2 rings (SSSR count). The molecule has 0 radical (unpaired) electrons. The fourth-order valence-corrected chi connectivity index (χ4v) is 4.74. The molecule has 0 saturated carbocycles. The number of hydrogen-bond donors (Lipinski definition) is 0. The predicted octanol–water partition coefficient (Wildman–Crippen LogP) is 5.79. The van der Waals surface area contributed by atoms with Crippen LogP contribution in [0.25, 0.3) is 0 Å². The quantitative estimate of drug-likeness (QED) is 0.366. The summed E-state index contributed by atoms with van der Waals surface area (Å²) in [5.74, 6) is 1.78. The fourth-order valence-electron chi connectivity index (χ4n) is 3.28. The van der Waals surface area contributed by atoms with Crippen molar-refractivity contribution in [2.75, 3.05) is 32.3 Å². The van der Waals surface area contributed by atoms with E-state index in [1.165, 1.54) is 17.8 Å². The van der Waals surface area contributed by atoms with E-state index in [0.29, 0.717) is 30.8 Å². The van der Waals surface area contributed by atoms with Crippen LogP contribution in [0.4, 0.5) is 4.39 Å². The summed E-state index contributed by atoms with van der Waals surface area (Å²) in [7, 11) is 3.24. The predicted molar refractivity (Wildman–Crippen MR) is 123 cm³/mol. The van der Waals surface area contributed by atoms with Crippen LogP contribution < -0.4 is 9.47 Å². The van der Waals surface area contributed by atoms with Gasteiger partial charge in [0.15, 0.2) is 0 Å². The van der Waals surface area contributed by atoms with Crippen LogP contribution in [0.1, 0.15) is 31.4 Å². The molecule has 0 bridgehead atoms. The van der Waals surface area contributed by atoms with E-state index < -0.39 is 5.41 Å². The number of ether oxygens (including phenoxy) is 3. The molecule has 0 amide bonds. The lowest BCUT2D eigenvalue weighted by Gasteiger charge is -2.31. The molecule has 7 heteroatoms. The lowest BCUT2D eigenvalue weighted by Crippen LogP contribution is -2.28. The first-order chi connectivity index (χ1) is 14.3. The largest absolute Gasteiger partial charge is 0.497 e. The number of thioether (sulfide) groups is 1. The van der Waals surface area contributed by atoms with Crippen molar-refractivity contribution in [3.05, 3.63) is 57.8 Å². The molecule has 164 valence electrons. The van der Waals surface area contributed by atoms with E-state index in [1.807, 2.05) is 31.2 Å². The van der Waals surface area contributed by atoms with Crippen molar-refractivity contribution in [2.45, 2.75) is 32.1 Å². The standard InChI is InChI=1S/C23H28BrFO4S/c1-5-29-22(26)14-30-15-23(2,19-12-17(24)7-9-20(19)25)11-10-16-6-8-18(27-3)13-21(16)28-4/h6-9,12-13H,5,10-11,14-15H2,1-4H3/t23-/m0/s1. The number of carbonyl (C=O) groups is 1. The molecular formula is C23H28BrFO4S. The monoisotopic (exact) mass is 498 g/mol. The van der Waals surface area contributed by atoms with E-state index in [0.717, 1.165) is 21.5 Å². The minimum Gasteiger partial charge on any atom is -0.497 e. The van der Waals surface area contributed by atoms with Gasteiger partial charge in [-0.3, -0.25) is 4.79 Å². The summed E-state index contributed by atoms with van der Waals surface area (Å²) in [6, 6.07) is 10.7. The second-order valence-corrected chi connectivity index (χ2v) is 9.06. The first-order valence-corrected chi connectivity index (χ1v) is 11.7. The second kappa shape index (κ2) is 11.6. The summed E-state index contributed by atoms with van der Waals surface area (Å²) in [6.07, 6.45) is 1.37. The first kappa shape index (κ1) is 24.5. The van der Waals surface area contributed by atoms with E-state index in [-0.39, 0.29) is 17.5 Å². The third-order valence-electron chi connectivity index (χ3n) is 4.96. The van der Waals surface area contributed by atoms with Gasteiger partial charge in [-0.25, -0.2) is 4.39 Å². The van der Waals surface area contributed by atoms with Gasteiger partial charge >= 0.3 is 5.97 Å². The Balaban J connectivity index is 2.25. The molecule has 1 atom stereocenters. The third-order valence-corrected chi connectivity index (χ3v) is 6.74. The van der Waals surface area contributed by atoms with Crippen molar-refractivity contribution in [1.29, 1.82) is 0 Å². The van der Waals surface area contributed by atoms with Gasteiger partial charge in [-0.15, -0.1) is 11.8 Å². The highest BCUT2D eigenvalue weighted by molar-refractivity contribution is 9.10. The van der Waals surface area contributed by atoms with Crippen molar-refractivity contribution >= 4 is 33.7 Å². The molecule has 0 fully saturated rings. The van der Waals surface area contributed by atoms with Gasteiger partial charge in [0.25, 0.3) is 0 Å². The highest BCUT2D eigenvalue weighted by Crippen LogP contribution is 2.37. The Morgan fingerprint density at radius 1 is 1.17 bits per heavy atom. The number of methoxy groups -OCH3 is 2. The van der Waals surface area contributed by atoms with Gasteiger partial charge in [0.05, 0.1) is 26.6 Å². The molecule has 0 aliphatic rings. The van der Waals surface area contributed by atoms with Gasteiger partial charge in [0.2, 0.25) is 0 Å². The van der Waals surface area contributed by atoms with Crippen LogP contribution >= 0.6 is 27.7 Å². The van der Waals surface area contributed by atoms with Crippen LogP contribution in [0.15, 0.2) is 40.9 Å². The van der Waals surface area contributed by atoms with Crippen LogP contribution in [0, 0.1) is 5.82 Å². The van der Waals surface area contributed by atoms with E-state index in [4.69, 9.17) is 14.2 Å². The number of carbonyl (C=O) groups excluding carboxylic acids is 1. The van der Waals surface area contributed by atoms with Gasteiger partial charge in [0, 0.05) is 21.7 Å². The molecule has 0 saturated heterocycles. The Labute approximate surface area is 190 Å². The fraction of sp³-hybridized carbons (Fsp3) is 0.435. The molecule has 0 N–H and O–H groups in total. The van der Waals surface area contributed by atoms with Crippen molar-refractivity contribution in [2.24, 2.45) is 0 Å². The third kappa shape index (κ3) is 6.64. The SMILES string of the molecule is CCOC(=O)CSC[C@](C)(CCc1ccc(OC)cc1OC)c1cc(Br)ccc1F. The number of benzene rings is 2. The van der Waals surface area contributed by atoms with Crippen LogP contribution in [0.2, 0.25) is 0 Å². The van der Waals surface area contributed by atoms with Crippen LogP contribution in [0.3, 0.4) is 0 Å². The van der Waals surface area contributed by atoms with Crippen LogP contribution in [-0.2, 0) is 21.4 Å². The van der Waals surface area contributed by atoms with Gasteiger partial charge in [-0.05, 0) is 55.2 Å². The number of hydrogen-bond acceptors (Lipinski definition) is 5. The molecule has 2 aromatic carbocycles. The highest BCUT2D eigenvalue weighted by atomic mass is 79.9. The van der Waals surface area contributed by atoms with Gasteiger partial charge in [-0.1, -0.05) is 28.9 Å². The topological polar surface area (TPSA) is 44.8 Å². The maximum atomic E-state index is 14.8. The summed E-state index contributed by atoms with van der Waals surface area (Å²) in [5, 5.41) is 0. The Hall–Kier alpha value is -1.73. The lowest BCUT2D eigenvalue weighted by molar-refractivity contribution is -0.139. The molecule has 0 aliphatic heterocycles. The first-order valence-electron chi connectivity index (χ1n) is 9.72. The maximum Gasteiger partial charge on any atom is 0.315 e. The molecule has 4 nitrogen and oxygen atoms in total. The van der Waals surface area contributed by atoms with Gasteiger partial charge in [0.1, 0.15) is 17.3 Å². The van der Waals surface area contributed by atoms with Crippen molar-refractivity contribution in [3.8, 4) is 11.5 Å². The van der Waals surface area contributed by atoms with Crippen molar-refractivity contribution in [3.63, 3.8) is 0 Å². The van der Waals surface area contributed by atoms with Crippen molar-refractivity contribution in [1.82, 2.24) is 0 Å². The number of rotatable bonds is 11. The van der Waals surface area contributed by atoms with E-state index in [9.17, 15) is 9.18 Å². The van der Waals surface area contributed by atoms with E-state index >= 15 is 0 Å². The zero-order valence-corrected chi connectivity index (χ0v) is 20.2. The van der Waals surface area contributed by atoms with Gasteiger partial charge < -0.3 is 14.2 Å². The molecule has 30 heavy (non-hydrogen) atoms. The minimum atomic E-state index is -0.490. The average molecular weight is 499 g/mol. The van der Waals surface area contributed by atoms with E-state index in [1.54, 1.807) is 27.2 Å². The zero-order chi connectivity index (χ0) is 22.1. The maximum absolute atomic E-state index is 14.8. The van der Waals surface area contributed by atoms with Crippen LogP contribution in [-0.4, -0.2) is 38.3 Å². The molecule has 0 spiro atoms. The molecule has 0 unspecified atom stereocenters. The highest BCUT2D eigenvalue weighted by Gasteiger charge is 2.30. The zero-order valence-electron chi connectivity index (χ0n) is 17.8. The van der Waals surface area contributed by atoms with E-state index in [2.05, 4.69) is 15.9 Å². The smallest absolute Gasteiger partial charge is 0.315 e. The number of halogens is 2. The Morgan fingerprint density at radius 3 is 2.60 bits per heavy atom. The van der Waals surface area contributed by atoms with Gasteiger partial charge in [-0.2, -0.15) is 0 Å². The van der Waals surface area contributed by atoms with Crippen molar-refractivity contribution < 1.29 is 23.4 Å². The Bertz CT molecular complexity index is 861. The minimum absolute atomic E-state index is 0.241. The second-order valence-electron chi connectivity index (χ2n) is 7.16. The number of aryl methyl sites for hydroxylation is 1. The summed E-state index contributed by atoms with van der Waals surface area (Å²) < 4.78 is 31.4. The summed E-state index contributed by atoms with van der Waals surface area (Å²) >= 11 is 4.92. The molecule has 0 aliphatic carbocycles. The van der Waals surface area contributed by atoms with Crippen LogP contribution in [0.5, 0.6) is 11.5 Å². The molecular weight excluding hydrogens is 471 g/mol.